The van der Waals surface area contributed by atoms with Crippen LogP contribution in [0.3, 0.4) is 0 Å². The number of aryl methyl sites for hydroxylation is 1. The molecule has 0 fully saturated rings. The Morgan fingerprint density at radius 3 is 2.71 bits per heavy atom. The molecule has 0 spiro atoms. The Balaban J connectivity index is 1.53. The Kier molecular flexibility index (Phi) is 4.50. The minimum atomic E-state index is -0.723. The number of aromatic nitrogens is 3. The molecule has 7 nitrogen and oxygen atoms in total. The first kappa shape index (κ1) is 18.0. The third kappa shape index (κ3) is 3.55. The lowest BCUT2D eigenvalue weighted by molar-refractivity contribution is -0.133. The van der Waals surface area contributed by atoms with Crippen molar-refractivity contribution in [3.63, 3.8) is 0 Å². The molecule has 3 heterocycles. The second-order valence-electron chi connectivity index (χ2n) is 6.58. The predicted octanol–water partition coefficient (Wildman–Crippen LogP) is 2.07. The first-order chi connectivity index (χ1) is 13.4. The summed E-state index contributed by atoms with van der Waals surface area (Å²) < 4.78 is 33.6. The Hall–Kier alpha value is -3.36. The summed E-state index contributed by atoms with van der Waals surface area (Å²) in [7, 11) is 0. The monoisotopic (exact) mass is 386 g/mol. The van der Waals surface area contributed by atoms with Crippen LogP contribution in [0, 0.1) is 18.6 Å². The molecule has 0 radical (unpaired) electrons. The fourth-order valence-corrected chi connectivity index (χ4v) is 3.10. The molecule has 0 bridgehead atoms. The predicted molar refractivity (Wildman–Crippen MR) is 94.2 cm³/mol. The van der Waals surface area contributed by atoms with Gasteiger partial charge in [-0.3, -0.25) is 9.59 Å². The zero-order valence-corrected chi connectivity index (χ0v) is 15.0. The fraction of sp³-hybridized carbons (Fsp3) is 0.263. The third-order valence-corrected chi connectivity index (χ3v) is 4.47. The second-order valence-corrected chi connectivity index (χ2v) is 6.58. The highest BCUT2D eigenvalue weighted by atomic mass is 19.1. The van der Waals surface area contributed by atoms with E-state index in [0.29, 0.717) is 30.1 Å². The topological polar surface area (TPSA) is 81.2 Å². The maximum Gasteiger partial charge on any atom is 0.267 e. The van der Waals surface area contributed by atoms with Gasteiger partial charge in [-0.2, -0.15) is 5.10 Å². The molecule has 1 amide bonds. The van der Waals surface area contributed by atoms with E-state index in [4.69, 9.17) is 4.42 Å². The number of carbonyl (C=O) groups excluding carboxylic acids is 1. The smallest absolute Gasteiger partial charge is 0.267 e. The summed E-state index contributed by atoms with van der Waals surface area (Å²) in [6.45, 7) is 2.14. The summed E-state index contributed by atoms with van der Waals surface area (Å²) in [5.41, 5.74) is 1.01. The van der Waals surface area contributed by atoms with Gasteiger partial charge in [-0.15, -0.1) is 0 Å². The van der Waals surface area contributed by atoms with Gasteiger partial charge >= 0.3 is 0 Å². The van der Waals surface area contributed by atoms with Gasteiger partial charge in [0.2, 0.25) is 11.8 Å². The maximum absolute atomic E-state index is 13.4. The Bertz CT molecular complexity index is 1100. The molecule has 9 heteroatoms. The average molecular weight is 386 g/mol. The molecule has 1 aliphatic rings. The number of rotatable bonds is 3. The summed E-state index contributed by atoms with van der Waals surface area (Å²) in [6, 6.07) is 6.00. The molecule has 144 valence electrons. The van der Waals surface area contributed by atoms with E-state index in [-0.39, 0.29) is 36.0 Å². The molecule has 1 aromatic carbocycles. The number of fused-ring (bicyclic) bond motifs is 1. The SMILES string of the molecule is Cc1ccc(=O)n(CC(=O)N2CCc3oc(-c4cc(F)cc(F)c4)nc3C2)n1. The zero-order chi connectivity index (χ0) is 19.8. The van der Waals surface area contributed by atoms with E-state index in [9.17, 15) is 18.4 Å². The van der Waals surface area contributed by atoms with Crippen molar-refractivity contribution in [1.29, 1.82) is 0 Å². The van der Waals surface area contributed by atoms with Crippen LogP contribution in [0.5, 0.6) is 0 Å². The van der Waals surface area contributed by atoms with Gasteiger partial charge in [0, 0.05) is 30.7 Å². The number of carbonyl (C=O) groups is 1. The Labute approximate surface area is 158 Å². The fourth-order valence-electron chi connectivity index (χ4n) is 3.10. The van der Waals surface area contributed by atoms with Crippen molar-refractivity contribution in [1.82, 2.24) is 19.7 Å². The number of hydrogen-bond acceptors (Lipinski definition) is 5. The first-order valence-corrected chi connectivity index (χ1v) is 8.66. The first-order valence-electron chi connectivity index (χ1n) is 8.66. The number of halogens is 2. The lowest BCUT2D eigenvalue weighted by Gasteiger charge is -2.25. The second kappa shape index (κ2) is 6.99. The molecular formula is C19H16F2N4O3. The molecule has 0 aliphatic carbocycles. The van der Waals surface area contributed by atoms with Crippen LogP contribution in [0.2, 0.25) is 0 Å². The third-order valence-electron chi connectivity index (χ3n) is 4.47. The van der Waals surface area contributed by atoms with Crippen LogP contribution in [-0.4, -0.2) is 32.1 Å². The van der Waals surface area contributed by atoms with Gasteiger partial charge in [0.1, 0.15) is 29.6 Å². The van der Waals surface area contributed by atoms with Crippen molar-refractivity contribution in [3.8, 4) is 11.5 Å². The molecule has 28 heavy (non-hydrogen) atoms. The Morgan fingerprint density at radius 1 is 1.21 bits per heavy atom. The molecule has 4 rings (SSSR count). The van der Waals surface area contributed by atoms with Crippen molar-refractivity contribution < 1.29 is 18.0 Å². The number of oxazole rings is 1. The average Bonchev–Trinajstić information content (AvgIpc) is 3.07. The van der Waals surface area contributed by atoms with Crippen LogP contribution in [-0.2, 0) is 24.3 Å². The molecule has 1 aliphatic heterocycles. The van der Waals surface area contributed by atoms with Gasteiger partial charge in [-0.05, 0) is 25.1 Å². The molecule has 0 saturated carbocycles. The van der Waals surface area contributed by atoms with Gasteiger partial charge in [-0.25, -0.2) is 18.4 Å². The van der Waals surface area contributed by atoms with E-state index < -0.39 is 11.6 Å². The van der Waals surface area contributed by atoms with Crippen LogP contribution < -0.4 is 5.56 Å². The molecule has 0 unspecified atom stereocenters. The molecule has 3 aromatic rings. The van der Waals surface area contributed by atoms with Gasteiger partial charge < -0.3 is 9.32 Å². The summed E-state index contributed by atoms with van der Waals surface area (Å²) in [5.74, 6) is -1.03. The highest BCUT2D eigenvalue weighted by molar-refractivity contribution is 5.76. The zero-order valence-electron chi connectivity index (χ0n) is 15.0. The van der Waals surface area contributed by atoms with Crippen LogP contribution in [0.25, 0.3) is 11.5 Å². The maximum atomic E-state index is 13.4. The summed E-state index contributed by atoms with van der Waals surface area (Å²) >= 11 is 0. The number of hydrogen-bond donors (Lipinski definition) is 0. The summed E-state index contributed by atoms with van der Waals surface area (Å²) in [6.07, 6.45) is 0.419. The van der Waals surface area contributed by atoms with Crippen LogP contribution in [0.1, 0.15) is 17.1 Å². The number of benzene rings is 1. The normalized spacial score (nSPS) is 13.5. The van der Waals surface area contributed by atoms with Crippen LogP contribution in [0.4, 0.5) is 8.78 Å². The van der Waals surface area contributed by atoms with Crippen LogP contribution >= 0.6 is 0 Å². The minimum Gasteiger partial charge on any atom is -0.441 e. The standard InChI is InChI=1S/C19H16F2N4O3/c1-11-2-3-17(26)25(23-11)10-18(27)24-5-4-16-15(9-24)22-19(28-16)12-6-13(20)8-14(21)7-12/h2-3,6-8H,4-5,9-10H2,1H3. The van der Waals surface area contributed by atoms with E-state index in [0.717, 1.165) is 22.9 Å². The lowest BCUT2D eigenvalue weighted by Crippen LogP contribution is -2.40. The van der Waals surface area contributed by atoms with Crippen molar-refractivity contribution >= 4 is 5.91 Å². The van der Waals surface area contributed by atoms with E-state index in [1.165, 1.54) is 6.07 Å². The van der Waals surface area contributed by atoms with Gasteiger partial charge in [0.05, 0.1) is 12.2 Å². The summed E-state index contributed by atoms with van der Waals surface area (Å²) in [4.78, 5) is 30.3. The van der Waals surface area contributed by atoms with Gasteiger partial charge in [-0.1, -0.05) is 0 Å². The molecule has 0 atom stereocenters. The number of amides is 1. The van der Waals surface area contributed by atoms with Gasteiger partial charge in [0.15, 0.2) is 0 Å². The molecule has 0 saturated heterocycles. The molecular weight excluding hydrogens is 370 g/mol. The van der Waals surface area contributed by atoms with Crippen molar-refractivity contribution in [2.75, 3.05) is 6.54 Å². The van der Waals surface area contributed by atoms with E-state index in [1.54, 1.807) is 17.9 Å². The molecule has 2 aromatic heterocycles. The van der Waals surface area contributed by atoms with E-state index in [2.05, 4.69) is 10.1 Å². The quantitative estimate of drug-likeness (QED) is 0.688. The summed E-state index contributed by atoms with van der Waals surface area (Å²) in [5, 5.41) is 4.06. The Morgan fingerprint density at radius 2 is 1.96 bits per heavy atom. The van der Waals surface area contributed by atoms with E-state index in [1.807, 2.05) is 0 Å². The van der Waals surface area contributed by atoms with Crippen molar-refractivity contribution in [2.24, 2.45) is 0 Å². The lowest BCUT2D eigenvalue weighted by atomic mass is 10.1. The van der Waals surface area contributed by atoms with Crippen LogP contribution in [0.15, 0.2) is 39.5 Å². The largest absolute Gasteiger partial charge is 0.441 e. The minimum absolute atomic E-state index is 0.106. The number of nitrogens with zero attached hydrogens (tertiary/aromatic N) is 4. The van der Waals surface area contributed by atoms with Gasteiger partial charge in [0.25, 0.3) is 5.56 Å². The highest BCUT2D eigenvalue weighted by Gasteiger charge is 2.26. The highest BCUT2D eigenvalue weighted by Crippen LogP contribution is 2.27. The van der Waals surface area contributed by atoms with E-state index >= 15 is 0 Å². The molecule has 0 N–H and O–H groups in total. The van der Waals surface area contributed by atoms with Crippen molar-refractivity contribution in [3.05, 3.63) is 69.5 Å². The van der Waals surface area contributed by atoms with Crippen molar-refractivity contribution in [2.45, 2.75) is 26.4 Å².